The number of aryl methyl sites for hydroxylation is 1. The molecule has 19 heavy (non-hydrogen) atoms. The molecule has 0 amide bonds. The molecule has 0 fully saturated rings. The third-order valence-corrected chi connectivity index (χ3v) is 3.73. The highest BCUT2D eigenvalue weighted by atomic mass is 79.9. The Morgan fingerprint density at radius 2 is 1.79 bits per heavy atom. The summed E-state index contributed by atoms with van der Waals surface area (Å²) in [5.74, 6) is 0. The fourth-order valence-corrected chi connectivity index (χ4v) is 2.46. The molecule has 100 valence electrons. The predicted octanol–water partition coefficient (Wildman–Crippen LogP) is 3.85. The molecule has 0 aliphatic heterocycles. The van der Waals surface area contributed by atoms with E-state index in [2.05, 4.69) is 77.3 Å². The minimum absolute atomic E-state index is 0.571. The second kappa shape index (κ2) is 6.22. The summed E-state index contributed by atoms with van der Waals surface area (Å²) in [5.41, 5.74) is 10.8. The molecule has 0 spiro atoms. The molecule has 0 aromatic heterocycles. The summed E-state index contributed by atoms with van der Waals surface area (Å²) in [7, 11) is 2.10. The fourth-order valence-electron chi connectivity index (χ4n) is 2.20. The first-order valence-corrected chi connectivity index (χ1v) is 7.14. The average Bonchev–Trinajstić information content (AvgIpc) is 2.41. The molecular formula is C16H19BrN2. The summed E-state index contributed by atoms with van der Waals surface area (Å²) >= 11 is 3.46. The van der Waals surface area contributed by atoms with Crippen LogP contribution in [0.4, 0.5) is 5.69 Å². The van der Waals surface area contributed by atoms with E-state index in [9.17, 15) is 0 Å². The van der Waals surface area contributed by atoms with Crippen LogP contribution in [0, 0.1) is 6.92 Å². The zero-order valence-corrected chi connectivity index (χ0v) is 12.9. The predicted molar refractivity (Wildman–Crippen MR) is 85.3 cm³/mol. The summed E-state index contributed by atoms with van der Waals surface area (Å²) in [5, 5.41) is 0. The van der Waals surface area contributed by atoms with Gasteiger partial charge in [0.25, 0.3) is 0 Å². The lowest BCUT2D eigenvalue weighted by atomic mass is 10.1. The number of hydrogen-bond donors (Lipinski definition) is 1. The highest BCUT2D eigenvalue weighted by Gasteiger charge is 2.07. The smallest absolute Gasteiger partial charge is 0.0426 e. The van der Waals surface area contributed by atoms with Crippen molar-refractivity contribution in [1.82, 2.24) is 0 Å². The monoisotopic (exact) mass is 318 g/mol. The van der Waals surface area contributed by atoms with Crippen molar-refractivity contribution in [1.29, 1.82) is 0 Å². The fraction of sp³-hybridized carbons (Fsp3) is 0.250. The van der Waals surface area contributed by atoms with Gasteiger partial charge >= 0.3 is 0 Å². The lowest BCUT2D eigenvalue weighted by molar-refractivity contribution is 0.902. The topological polar surface area (TPSA) is 29.3 Å². The van der Waals surface area contributed by atoms with Crippen molar-refractivity contribution in [3.05, 3.63) is 63.6 Å². The van der Waals surface area contributed by atoms with E-state index in [-0.39, 0.29) is 0 Å². The Labute approximate surface area is 123 Å². The Bertz CT molecular complexity index is 549. The van der Waals surface area contributed by atoms with Gasteiger partial charge in [-0.1, -0.05) is 45.8 Å². The summed E-state index contributed by atoms with van der Waals surface area (Å²) in [4.78, 5) is 2.24. The van der Waals surface area contributed by atoms with Crippen LogP contribution in [-0.2, 0) is 13.1 Å². The maximum atomic E-state index is 5.84. The molecule has 0 saturated heterocycles. The highest BCUT2D eigenvalue weighted by molar-refractivity contribution is 9.10. The normalized spacial score (nSPS) is 10.5. The summed E-state index contributed by atoms with van der Waals surface area (Å²) in [6, 6.07) is 14.9. The van der Waals surface area contributed by atoms with Gasteiger partial charge < -0.3 is 10.6 Å². The van der Waals surface area contributed by atoms with Crippen LogP contribution in [0.1, 0.15) is 16.7 Å². The number of benzene rings is 2. The third-order valence-electron chi connectivity index (χ3n) is 3.20. The number of hydrogen-bond acceptors (Lipinski definition) is 2. The third kappa shape index (κ3) is 3.58. The first kappa shape index (κ1) is 14.1. The van der Waals surface area contributed by atoms with E-state index in [1.165, 1.54) is 22.4 Å². The van der Waals surface area contributed by atoms with Crippen LogP contribution in [0.5, 0.6) is 0 Å². The minimum atomic E-state index is 0.571. The molecule has 2 rings (SSSR count). The van der Waals surface area contributed by atoms with Crippen LogP contribution in [-0.4, -0.2) is 7.05 Å². The van der Waals surface area contributed by atoms with E-state index in [0.29, 0.717) is 6.54 Å². The van der Waals surface area contributed by atoms with E-state index in [1.807, 2.05) is 0 Å². The van der Waals surface area contributed by atoms with E-state index >= 15 is 0 Å². The van der Waals surface area contributed by atoms with Gasteiger partial charge in [-0.05, 0) is 36.2 Å². The maximum absolute atomic E-state index is 5.84. The zero-order chi connectivity index (χ0) is 13.8. The molecule has 0 radical (unpaired) electrons. The van der Waals surface area contributed by atoms with E-state index in [1.54, 1.807) is 0 Å². The minimum Gasteiger partial charge on any atom is -0.370 e. The van der Waals surface area contributed by atoms with Gasteiger partial charge in [0.15, 0.2) is 0 Å². The molecule has 0 atom stereocenters. The van der Waals surface area contributed by atoms with Gasteiger partial charge in [-0.2, -0.15) is 0 Å². The number of halogens is 1. The van der Waals surface area contributed by atoms with Crippen molar-refractivity contribution in [2.45, 2.75) is 20.0 Å². The lowest BCUT2D eigenvalue weighted by Gasteiger charge is -2.22. The maximum Gasteiger partial charge on any atom is 0.0426 e. The van der Waals surface area contributed by atoms with Crippen LogP contribution < -0.4 is 10.6 Å². The van der Waals surface area contributed by atoms with Crippen LogP contribution in [0.25, 0.3) is 0 Å². The van der Waals surface area contributed by atoms with Gasteiger partial charge in [0.2, 0.25) is 0 Å². The van der Waals surface area contributed by atoms with Crippen molar-refractivity contribution >= 4 is 21.6 Å². The Balaban J connectivity index is 2.19. The molecule has 0 saturated carbocycles. The number of anilines is 1. The highest BCUT2D eigenvalue weighted by Crippen LogP contribution is 2.22. The van der Waals surface area contributed by atoms with Gasteiger partial charge in [0.1, 0.15) is 0 Å². The average molecular weight is 319 g/mol. The molecule has 0 heterocycles. The van der Waals surface area contributed by atoms with Crippen LogP contribution in [0.15, 0.2) is 46.9 Å². The lowest BCUT2D eigenvalue weighted by Crippen LogP contribution is -2.19. The van der Waals surface area contributed by atoms with Crippen LogP contribution >= 0.6 is 15.9 Å². The summed E-state index contributed by atoms with van der Waals surface area (Å²) in [6.07, 6.45) is 0. The van der Waals surface area contributed by atoms with Crippen molar-refractivity contribution in [3.8, 4) is 0 Å². The van der Waals surface area contributed by atoms with E-state index in [4.69, 9.17) is 5.73 Å². The molecule has 2 nitrogen and oxygen atoms in total. The summed E-state index contributed by atoms with van der Waals surface area (Å²) in [6.45, 7) is 3.54. The van der Waals surface area contributed by atoms with E-state index in [0.717, 1.165) is 11.0 Å². The molecule has 2 aromatic carbocycles. The van der Waals surface area contributed by atoms with Gasteiger partial charge in [-0.25, -0.2) is 0 Å². The van der Waals surface area contributed by atoms with Crippen LogP contribution in [0.2, 0.25) is 0 Å². The molecule has 2 aromatic rings. The van der Waals surface area contributed by atoms with Crippen molar-refractivity contribution < 1.29 is 0 Å². The second-order valence-corrected chi connectivity index (χ2v) is 5.73. The molecule has 2 N–H and O–H groups in total. The molecular weight excluding hydrogens is 300 g/mol. The zero-order valence-electron chi connectivity index (χ0n) is 11.4. The molecule has 0 bridgehead atoms. The standard InChI is InChI=1S/C16H19BrN2/c1-12-3-8-16(14(9-12)10-18)19(2)11-13-4-6-15(17)7-5-13/h3-9H,10-11,18H2,1-2H3. The number of nitrogens with two attached hydrogens (primary N) is 1. The van der Waals surface area contributed by atoms with Crippen molar-refractivity contribution in [3.63, 3.8) is 0 Å². The van der Waals surface area contributed by atoms with Crippen LogP contribution in [0.3, 0.4) is 0 Å². The quantitative estimate of drug-likeness (QED) is 0.927. The first-order chi connectivity index (χ1) is 9.10. The molecule has 0 aliphatic rings. The number of nitrogens with zero attached hydrogens (tertiary/aromatic N) is 1. The SMILES string of the molecule is Cc1ccc(N(C)Cc2ccc(Br)cc2)c(CN)c1. The molecule has 0 unspecified atom stereocenters. The van der Waals surface area contributed by atoms with Gasteiger partial charge in [0.05, 0.1) is 0 Å². The Morgan fingerprint density at radius 1 is 1.11 bits per heavy atom. The Morgan fingerprint density at radius 3 is 2.42 bits per heavy atom. The van der Waals surface area contributed by atoms with Crippen molar-refractivity contribution in [2.75, 3.05) is 11.9 Å². The summed E-state index contributed by atoms with van der Waals surface area (Å²) < 4.78 is 1.11. The Hall–Kier alpha value is -1.32. The largest absolute Gasteiger partial charge is 0.370 e. The number of rotatable bonds is 4. The second-order valence-electron chi connectivity index (χ2n) is 4.82. The van der Waals surface area contributed by atoms with Gasteiger partial charge in [0, 0.05) is 30.3 Å². The van der Waals surface area contributed by atoms with E-state index < -0.39 is 0 Å². The molecule has 0 aliphatic carbocycles. The van der Waals surface area contributed by atoms with Crippen molar-refractivity contribution in [2.24, 2.45) is 5.73 Å². The van der Waals surface area contributed by atoms with Gasteiger partial charge in [-0.15, -0.1) is 0 Å². The Kier molecular flexibility index (Phi) is 4.61. The van der Waals surface area contributed by atoms with Gasteiger partial charge in [-0.3, -0.25) is 0 Å². The molecule has 3 heteroatoms. The first-order valence-electron chi connectivity index (χ1n) is 6.35.